The zero-order valence-electron chi connectivity index (χ0n) is 16.1. The minimum atomic E-state index is -0.769. The van der Waals surface area contributed by atoms with E-state index in [1.54, 1.807) is 0 Å². The molecule has 6 nitrogen and oxygen atoms in total. The van der Waals surface area contributed by atoms with Gasteiger partial charge in [-0.25, -0.2) is 4.68 Å². The zero-order chi connectivity index (χ0) is 20.8. The Morgan fingerprint density at radius 2 is 1.93 bits per heavy atom. The van der Waals surface area contributed by atoms with E-state index >= 15 is 0 Å². The molecule has 1 aliphatic carbocycles. The van der Waals surface area contributed by atoms with E-state index in [4.69, 9.17) is 4.74 Å². The van der Waals surface area contributed by atoms with Crippen LogP contribution in [0, 0.1) is 0 Å². The molecule has 2 unspecified atom stereocenters. The number of allylic oxidation sites excluding steroid dienone is 2. The molecule has 2 heterocycles. The van der Waals surface area contributed by atoms with Gasteiger partial charge >= 0.3 is 0 Å². The number of hydrogen-bond donors (Lipinski definition) is 1. The van der Waals surface area contributed by atoms with Crippen LogP contribution in [0.3, 0.4) is 0 Å². The number of Topliss-reactive ketones (excluding diaryl/α,β-unsaturated/α-hetero) is 1. The van der Waals surface area contributed by atoms with Gasteiger partial charge in [0.25, 0.3) is 5.43 Å². The first-order valence-corrected chi connectivity index (χ1v) is 9.62. The van der Waals surface area contributed by atoms with Crippen LogP contribution in [0.5, 0.6) is 11.5 Å². The van der Waals surface area contributed by atoms with Crippen LogP contribution in [0.4, 0.5) is 0 Å². The predicted molar refractivity (Wildman–Crippen MR) is 112 cm³/mol. The molecule has 2 atom stereocenters. The SMILES string of the molecule is CC(=O)c1nn(-c2ccccc2-c2ccc3c(c2)C2C=CC=CC2O3)cc(O)c1=O. The van der Waals surface area contributed by atoms with Crippen molar-refractivity contribution in [1.29, 1.82) is 0 Å². The summed E-state index contributed by atoms with van der Waals surface area (Å²) in [6.07, 6.45) is 9.43. The minimum Gasteiger partial charge on any atom is -0.503 e. The van der Waals surface area contributed by atoms with Crippen molar-refractivity contribution < 1.29 is 14.6 Å². The smallest absolute Gasteiger partial charge is 0.252 e. The van der Waals surface area contributed by atoms with E-state index in [-0.39, 0.29) is 17.7 Å². The Morgan fingerprint density at radius 3 is 2.77 bits per heavy atom. The lowest BCUT2D eigenvalue weighted by Gasteiger charge is -2.15. The van der Waals surface area contributed by atoms with Crippen molar-refractivity contribution in [2.75, 3.05) is 0 Å². The highest BCUT2D eigenvalue weighted by atomic mass is 16.5. The molecule has 1 N–H and O–H groups in total. The van der Waals surface area contributed by atoms with Gasteiger partial charge in [0.15, 0.2) is 17.2 Å². The Bertz CT molecular complexity index is 1300. The lowest BCUT2D eigenvalue weighted by molar-refractivity contribution is 0.100. The van der Waals surface area contributed by atoms with Gasteiger partial charge in [-0.3, -0.25) is 9.59 Å². The van der Waals surface area contributed by atoms with Crippen LogP contribution in [0.15, 0.2) is 77.8 Å². The number of ketones is 1. The topological polar surface area (TPSA) is 81.4 Å². The van der Waals surface area contributed by atoms with Gasteiger partial charge in [0.2, 0.25) is 0 Å². The van der Waals surface area contributed by atoms with E-state index in [1.165, 1.54) is 17.8 Å². The van der Waals surface area contributed by atoms with Gasteiger partial charge in [0.1, 0.15) is 11.9 Å². The number of carbonyl (C=O) groups is 1. The number of rotatable bonds is 3. The number of aromatic hydroxyl groups is 1. The van der Waals surface area contributed by atoms with Gasteiger partial charge in [0.05, 0.1) is 11.9 Å². The van der Waals surface area contributed by atoms with Crippen molar-refractivity contribution in [3.8, 4) is 28.3 Å². The Kier molecular flexibility index (Phi) is 4.13. The molecule has 2 aromatic carbocycles. The number of hydrogen-bond acceptors (Lipinski definition) is 5. The number of para-hydroxylation sites is 1. The number of carbonyl (C=O) groups excluding carboxylic acids is 1. The number of fused-ring (bicyclic) bond motifs is 3. The van der Waals surface area contributed by atoms with Crippen LogP contribution < -0.4 is 10.2 Å². The standard InChI is InChI=1S/C24H18N2O4/c1-14(27)23-24(29)20(28)13-26(25-23)19-8-4-2-6-16(19)15-10-11-22-18(12-15)17-7-3-5-9-21(17)30-22/h2-13,17,21,28H,1H3. The Labute approximate surface area is 172 Å². The molecule has 0 fully saturated rings. The summed E-state index contributed by atoms with van der Waals surface area (Å²) in [5, 5.41) is 14.2. The fourth-order valence-corrected chi connectivity index (χ4v) is 3.96. The third-order valence-electron chi connectivity index (χ3n) is 5.41. The molecule has 0 saturated heterocycles. The van der Waals surface area contributed by atoms with Crippen LogP contribution in [0.25, 0.3) is 16.8 Å². The first-order valence-electron chi connectivity index (χ1n) is 9.62. The molecule has 3 aromatic rings. The average Bonchev–Trinajstić information content (AvgIpc) is 3.13. The first kappa shape index (κ1) is 18.1. The molecule has 0 amide bonds. The van der Waals surface area contributed by atoms with Gasteiger partial charge in [-0.2, -0.15) is 5.10 Å². The molecular weight excluding hydrogens is 380 g/mol. The average molecular weight is 398 g/mol. The van der Waals surface area contributed by atoms with Crippen molar-refractivity contribution in [3.05, 3.63) is 94.4 Å². The summed E-state index contributed by atoms with van der Waals surface area (Å²) in [6.45, 7) is 1.25. The molecule has 2 aliphatic rings. The van der Waals surface area contributed by atoms with Crippen molar-refractivity contribution in [2.24, 2.45) is 0 Å². The zero-order valence-corrected chi connectivity index (χ0v) is 16.1. The molecule has 30 heavy (non-hydrogen) atoms. The third kappa shape index (κ3) is 2.85. The van der Waals surface area contributed by atoms with E-state index < -0.39 is 17.0 Å². The summed E-state index contributed by atoms with van der Waals surface area (Å²) in [5.41, 5.74) is 2.48. The van der Waals surface area contributed by atoms with E-state index in [2.05, 4.69) is 23.3 Å². The second-order valence-electron chi connectivity index (χ2n) is 7.34. The molecule has 1 aliphatic heterocycles. The Balaban J connectivity index is 1.65. The fourth-order valence-electron chi connectivity index (χ4n) is 3.96. The second kappa shape index (κ2) is 6.84. The highest BCUT2D eigenvalue weighted by Gasteiger charge is 2.32. The van der Waals surface area contributed by atoms with Crippen LogP contribution >= 0.6 is 0 Å². The molecule has 1 aromatic heterocycles. The highest BCUT2D eigenvalue weighted by molar-refractivity contribution is 5.92. The maximum Gasteiger partial charge on any atom is 0.252 e. The molecule has 0 bridgehead atoms. The summed E-state index contributed by atoms with van der Waals surface area (Å²) < 4.78 is 7.40. The maximum absolute atomic E-state index is 12.0. The monoisotopic (exact) mass is 398 g/mol. The van der Waals surface area contributed by atoms with E-state index in [0.29, 0.717) is 5.69 Å². The second-order valence-corrected chi connectivity index (χ2v) is 7.34. The maximum atomic E-state index is 12.0. The molecule has 0 saturated carbocycles. The lowest BCUT2D eigenvalue weighted by atomic mass is 9.90. The van der Waals surface area contributed by atoms with Crippen molar-refractivity contribution in [2.45, 2.75) is 18.9 Å². The van der Waals surface area contributed by atoms with E-state index in [9.17, 15) is 14.7 Å². The number of benzene rings is 2. The quantitative estimate of drug-likeness (QED) is 0.679. The van der Waals surface area contributed by atoms with Crippen LogP contribution in [-0.2, 0) is 0 Å². The summed E-state index contributed by atoms with van der Waals surface area (Å²) in [7, 11) is 0. The summed E-state index contributed by atoms with van der Waals surface area (Å²) in [6, 6.07) is 13.5. The van der Waals surface area contributed by atoms with Crippen molar-refractivity contribution >= 4 is 5.78 Å². The molecule has 0 spiro atoms. The normalized spacial score (nSPS) is 18.6. The molecular formula is C24H18N2O4. The van der Waals surface area contributed by atoms with Gasteiger partial charge in [-0.15, -0.1) is 0 Å². The van der Waals surface area contributed by atoms with Gasteiger partial charge < -0.3 is 9.84 Å². The number of aromatic nitrogens is 2. The number of ether oxygens (including phenoxy) is 1. The van der Waals surface area contributed by atoms with Crippen molar-refractivity contribution in [1.82, 2.24) is 9.78 Å². The summed E-state index contributed by atoms with van der Waals surface area (Å²) in [5.74, 6) is 0.00532. The molecule has 148 valence electrons. The van der Waals surface area contributed by atoms with Crippen LogP contribution in [0.2, 0.25) is 0 Å². The van der Waals surface area contributed by atoms with E-state index in [0.717, 1.165) is 22.4 Å². The van der Waals surface area contributed by atoms with Gasteiger partial charge in [-0.1, -0.05) is 42.5 Å². The predicted octanol–water partition coefficient (Wildman–Crippen LogP) is 3.78. The Hall–Kier alpha value is -3.93. The minimum absolute atomic E-state index is 0.00575. The highest BCUT2D eigenvalue weighted by Crippen LogP contribution is 2.43. The number of nitrogens with zero attached hydrogens (tertiary/aromatic N) is 2. The van der Waals surface area contributed by atoms with Crippen LogP contribution in [-0.4, -0.2) is 26.8 Å². The largest absolute Gasteiger partial charge is 0.503 e. The summed E-state index contributed by atoms with van der Waals surface area (Å²) >= 11 is 0. The lowest BCUT2D eigenvalue weighted by Crippen LogP contribution is -2.20. The van der Waals surface area contributed by atoms with Gasteiger partial charge in [0, 0.05) is 24.0 Å². The van der Waals surface area contributed by atoms with E-state index in [1.807, 2.05) is 48.6 Å². The van der Waals surface area contributed by atoms with Gasteiger partial charge in [-0.05, 0) is 29.8 Å². The third-order valence-corrected chi connectivity index (χ3v) is 5.41. The molecule has 0 radical (unpaired) electrons. The first-order chi connectivity index (χ1) is 14.5. The fraction of sp³-hybridized carbons (Fsp3) is 0.125. The van der Waals surface area contributed by atoms with Crippen LogP contribution in [0.1, 0.15) is 28.9 Å². The molecule has 6 heteroatoms. The Morgan fingerprint density at radius 1 is 1.13 bits per heavy atom. The summed E-state index contributed by atoms with van der Waals surface area (Å²) in [4.78, 5) is 23.8. The van der Waals surface area contributed by atoms with Crippen molar-refractivity contribution in [3.63, 3.8) is 0 Å². The molecule has 5 rings (SSSR count).